The average molecular weight is 288 g/mol. The third-order valence-electron chi connectivity index (χ3n) is 3.11. The molecule has 1 unspecified atom stereocenters. The lowest BCUT2D eigenvalue weighted by Crippen LogP contribution is -2.37. The molecule has 0 radical (unpaired) electrons. The summed E-state index contributed by atoms with van der Waals surface area (Å²) in [5, 5.41) is 5.05. The summed E-state index contributed by atoms with van der Waals surface area (Å²) in [6.45, 7) is 7.76. The molecule has 1 amide bonds. The van der Waals surface area contributed by atoms with Crippen molar-refractivity contribution >= 4 is 15.9 Å². The average Bonchev–Trinajstić information content (AvgIpc) is 2.71. The molecule has 6 nitrogen and oxygen atoms in total. The van der Waals surface area contributed by atoms with E-state index in [0.717, 1.165) is 6.42 Å². The van der Waals surface area contributed by atoms with Gasteiger partial charge in [0.1, 0.15) is 10.7 Å². The Labute approximate surface area is 113 Å². The zero-order valence-electron chi connectivity index (χ0n) is 11.6. The fourth-order valence-corrected chi connectivity index (χ4v) is 2.58. The highest BCUT2D eigenvalue weighted by Gasteiger charge is 2.25. The number of hydrogen-bond donors (Lipinski definition) is 1. The number of rotatable bonds is 5. The largest absolute Gasteiger partial charge is 0.455 e. The van der Waals surface area contributed by atoms with Crippen molar-refractivity contribution < 1.29 is 17.6 Å². The number of carbonyl (C=O) groups excluding carboxylic acids is 1. The van der Waals surface area contributed by atoms with Gasteiger partial charge in [0.05, 0.1) is 0 Å². The summed E-state index contributed by atoms with van der Waals surface area (Å²) < 4.78 is 27.9. The second kappa shape index (κ2) is 5.75. The summed E-state index contributed by atoms with van der Waals surface area (Å²) in [7, 11) is -3.87. The van der Waals surface area contributed by atoms with E-state index in [1.807, 2.05) is 20.8 Å². The number of nitrogens with zero attached hydrogens (tertiary/aromatic N) is 1. The lowest BCUT2D eigenvalue weighted by molar-refractivity contribution is 0.0666. The van der Waals surface area contributed by atoms with Crippen molar-refractivity contribution in [2.24, 2.45) is 5.14 Å². The fourth-order valence-electron chi connectivity index (χ4n) is 1.87. The molecule has 0 fully saturated rings. The van der Waals surface area contributed by atoms with Crippen LogP contribution in [0.4, 0.5) is 0 Å². The van der Waals surface area contributed by atoms with Crippen molar-refractivity contribution in [2.75, 3.05) is 6.54 Å². The van der Waals surface area contributed by atoms with Gasteiger partial charge in [0, 0.05) is 18.7 Å². The van der Waals surface area contributed by atoms with Gasteiger partial charge in [-0.25, -0.2) is 13.6 Å². The maximum Gasteiger partial charge on any atom is 0.289 e. The van der Waals surface area contributed by atoms with Crippen LogP contribution < -0.4 is 5.14 Å². The molecule has 0 saturated heterocycles. The van der Waals surface area contributed by atoms with E-state index in [1.54, 1.807) is 4.90 Å². The van der Waals surface area contributed by atoms with Gasteiger partial charge in [-0.2, -0.15) is 0 Å². The van der Waals surface area contributed by atoms with Gasteiger partial charge in [-0.1, -0.05) is 6.92 Å². The highest BCUT2D eigenvalue weighted by molar-refractivity contribution is 7.89. The first kappa shape index (κ1) is 15.7. The van der Waals surface area contributed by atoms with Crippen molar-refractivity contribution in [3.63, 3.8) is 0 Å². The van der Waals surface area contributed by atoms with E-state index in [9.17, 15) is 13.2 Å². The monoisotopic (exact) mass is 288 g/mol. The van der Waals surface area contributed by atoms with Crippen LogP contribution in [0.5, 0.6) is 0 Å². The van der Waals surface area contributed by atoms with Crippen LogP contribution in [0.15, 0.2) is 15.4 Å². The predicted octanol–water partition coefficient (Wildman–Crippen LogP) is 1.50. The van der Waals surface area contributed by atoms with Gasteiger partial charge in [-0.3, -0.25) is 4.79 Å². The standard InChI is InChI=1S/C12H20N2O4S/c1-5-8(3)14(6-2)12(15)10-7-11(9(4)18-10)19(13,16)17/h7-8H,5-6H2,1-4H3,(H2,13,16,17). The summed E-state index contributed by atoms with van der Waals surface area (Å²) in [5.41, 5.74) is 0. The first-order valence-electron chi connectivity index (χ1n) is 6.16. The van der Waals surface area contributed by atoms with E-state index in [4.69, 9.17) is 9.56 Å². The first-order valence-corrected chi connectivity index (χ1v) is 7.71. The Morgan fingerprint density at radius 2 is 2.05 bits per heavy atom. The number of nitrogens with two attached hydrogens (primary N) is 1. The van der Waals surface area contributed by atoms with Crippen LogP contribution >= 0.6 is 0 Å². The van der Waals surface area contributed by atoms with E-state index < -0.39 is 10.0 Å². The molecule has 1 rings (SSSR count). The molecule has 1 aromatic rings. The van der Waals surface area contributed by atoms with Crippen LogP contribution in [-0.4, -0.2) is 31.8 Å². The molecule has 7 heteroatoms. The minimum atomic E-state index is -3.87. The van der Waals surface area contributed by atoms with Crippen molar-refractivity contribution in [3.05, 3.63) is 17.6 Å². The van der Waals surface area contributed by atoms with Gasteiger partial charge < -0.3 is 9.32 Å². The van der Waals surface area contributed by atoms with Gasteiger partial charge in [-0.05, 0) is 27.2 Å². The fraction of sp³-hybridized carbons (Fsp3) is 0.583. The molecular weight excluding hydrogens is 268 g/mol. The Morgan fingerprint density at radius 3 is 2.42 bits per heavy atom. The van der Waals surface area contributed by atoms with Gasteiger partial charge in [0.15, 0.2) is 5.76 Å². The molecule has 1 heterocycles. The topological polar surface area (TPSA) is 93.6 Å². The second-order valence-corrected chi connectivity index (χ2v) is 5.95. The normalized spacial score (nSPS) is 13.3. The third kappa shape index (κ3) is 3.36. The van der Waals surface area contributed by atoms with Crippen LogP contribution in [0.1, 0.15) is 43.5 Å². The Morgan fingerprint density at radius 1 is 1.47 bits per heavy atom. The quantitative estimate of drug-likeness (QED) is 0.888. The van der Waals surface area contributed by atoms with E-state index in [2.05, 4.69) is 0 Å². The Hall–Kier alpha value is -1.34. The molecule has 0 aliphatic carbocycles. The lowest BCUT2D eigenvalue weighted by atomic mass is 10.2. The minimum Gasteiger partial charge on any atom is -0.455 e. The zero-order valence-corrected chi connectivity index (χ0v) is 12.5. The molecule has 2 N–H and O–H groups in total. The number of primary sulfonamides is 1. The summed E-state index contributed by atoms with van der Waals surface area (Å²) in [4.78, 5) is 13.8. The first-order chi connectivity index (χ1) is 8.72. The summed E-state index contributed by atoms with van der Waals surface area (Å²) >= 11 is 0. The molecule has 0 aliphatic heterocycles. The van der Waals surface area contributed by atoms with Crippen molar-refractivity contribution in [3.8, 4) is 0 Å². The number of furan rings is 1. The van der Waals surface area contributed by atoms with E-state index in [1.165, 1.54) is 13.0 Å². The van der Waals surface area contributed by atoms with Gasteiger partial charge >= 0.3 is 0 Å². The Balaban J connectivity index is 3.14. The maximum absolute atomic E-state index is 12.3. The highest BCUT2D eigenvalue weighted by Crippen LogP contribution is 2.21. The summed E-state index contributed by atoms with van der Waals surface area (Å²) in [5.74, 6) is -0.190. The number of amides is 1. The SMILES string of the molecule is CCC(C)N(CC)C(=O)c1cc(S(N)(=O)=O)c(C)o1. The smallest absolute Gasteiger partial charge is 0.289 e. The molecule has 0 aliphatic rings. The van der Waals surface area contributed by atoms with Crippen molar-refractivity contribution in [1.82, 2.24) is 4.90 Å². The lowest BCUT2D eigenvalue weighted by Gasteiger charge is -2.26. The zero-order chi connectivity index (χ0) is 14.8. The number of hydrogen-bond acceptors (Lipinski definition) is 4. The van der Waals surface area contributed by atoms with Gasteiger partial charge in [-0.15, -0.1) is 0 Å². The van der Waals surface area contributed by atoms with Gasteiger partial charge in [0.2, 0.25) is 10.0 Å². The van der Waals surface area contributed by atoms with E-state index in [-0.39, 0.29) is 28.4 Å². The molecule has 0 spiro atoms. The summed E-state index contributed by atoms with van der Waals surface area (Å²) in [6, 6.07) is 1.25. The van der Waals surface area contributed by atoms with Gasteiger partial charge in [0.25, 0.3) is 5.91 Å². The van der Waals surface area contributed by atoms with E-state index >= 15 is 0 Å². The number of aryl methyl sites for hydroxylation is 1. The summed E-state index contributed by atoms with van der Waals surface area (Å²) in [6.07, 6.45) is 0.807. The van der Waals surface area contributed by atoms with Crippen LogP contribution in [0.25, 0.3) is 0 Å². The second-order valence-electron chi connectivity index (χ2n) is 4.42. The van der Waals surface area contributed by atoms with Crippen LogP contribution in [0.3, 0.4) is 0 Å². The predicted molar refractivity (Wildman–Crippen MR) is 71.3 cm³/mol. The van der Waals surface area contributed by atoms with Crippen molar-refractivity contribution in [2.45, 2.75) is 45.1 Å². The van der Waals surface area contributed by atoms with E-state index in [0.29, 0.717) is 6.54 Å². The molecule has 0 bridgehead atoms. The minimum absolute atomic E-state index is 0.00340. The van der Waals surface area contributed by atoms with Crippen LogP contribution in [-0.2, 0) is 10.0 Å². The Bertz CT molecular complexity index is 562. The molecule has 1 atom stereocenters. The number of carbonyl (C=O) groups is 1. The molecular formula is C12H20N2O4S. The molecule has 19 heavy (non-hydrogen) atoms. The van der Waals surface area contributed by atoms with Crippen LogP contribution in [0.2, 0.25) is 0 Å². The molecule has 0 saturated carbocycles. The molecule has 0 aromatic carbocycles. The highest BCUT2D eigenvalue weighted by atomic mass is 32.2. The maximum atomic E-state index is 12.3. The van der Waals surface area contributed by atoms with Crippen molar-refractivity contribution in [1.29, 1.82) is 0 Å². The number of sulfonamides is 1. The Kier molecular flexibility index (Phi) is 4.75. The van der Waals surface area contributed by atoms with Crippen LogP contribution in [0, 0.1) is 6.92 Å². The molecule has 1 aromatic heterocycles. The molecule has 108 valence electrons. The third-order valence-corrected chi connectivity index (χ3v) is 4.13.